The van der Waals surface area contributed by atoms with Gasteiger partial charge in [0.2, 0.25) is 0 Å². The molecule has 0 bridgehead atoms. The Bertz CT molecular complexity index is 928. The highest BCUT2D eigenvalue weighted by Crippen LogP contribution is 2.36. The van der Waals surface area contributed by atoms with E-state index in [1.165, 1.54) is 18.2 Å². The molecule has 0 spiro atoms. The summed E-state index contributed by atoms with van der Waals surface area (Å²) in [6.45, 7) is 0. The predicted molar refractivity (Wildman–Crippen MR) is 84.9 cm³/mol. The molecule has 1 N–H and O–H groups in total. The topological polar surface area (TPSA) is 57.6 Å². The van der Waals surface area contributed by atoms with Gasteiger partial charge in [0.15, 0.2) is 17.4 Å². The van der Waals surface area contributed by atoms with Crippen LogP contribution in [0.1, 0.15) is 5.56 Å². The Kier molecular flexibility index (Phi) is 4.03. The van der Waals surface area contributed by atoms with Gasteiger partial charge in [0, 0.05) is 16.7 Å². The third-order valence-corrected chi connectivity index (χ3v) is 3.97. The zero-order chi connectivity index (χ0) is 17.6. The van der Waals surface area contributed by atoms with Crippen molar-refractivity contribution in [2.24, 2.45) is 0 Å². The van der Waals surface area contributed by atoms with Gasteiger partial charge in [-0.2, -0.15) is 0 Å². The number of aliphatic hydroxyl groups excluding tert-OH is 1. The Morgan fingerprint density at radius 1 is 0.917 bits per heavy atom. The first-order chi connectivity index (χ1) is 11.3. The van der Waals surface area contributed by atoms with Gasteiger partial charge < -0.3 is 5.11 Å². The fourth-order valence-electron chi connectivity index (χ4n) is 2.31. The zero-order valence-corrected chi connectivity index (χ0v) is 13.2. The van der Waals surface area contributed by atoms with Crippen LogP contribution in [-0.4, -0.2) is 16.9 Å². The maximum absolute atomic E-state index is 13.4. The Labute approximate surface area is 144 Å². The summed E-state index contributed by atoms with van der Waals surface area (Å²) in [5.41, 5.74) is -0.455. The monoisotopic (exact) mass is 369 g/mol. The lowest BCUT2D eigenvalue weighted by Gasteiger charge is -2.15. The van der Waals surface area contributed by atoms with Crippen molar-refractivity contribution in [3.05, 3.63) is 69.4 Å². The number of carbonyl (C=O) groups is 2. The molecule has 2 amide bonds. The average molecular weight is 370 g/mol. The molecular formula is C16H7Cl2F2NO3. The van der Waals surface area contributed by atoms with E-state index in [0.29, 0.717) is 16.0 Å². The van der Waals surface area contributed by atoms with Crippen LogP contribution in [0.4, 0.5) is 14.5 Å². The van der Waals surface area contributed by atoms with Crippen LogP contribution >= 0.6 is 23.2 Å². The van der Waals surface area contributed by atoms with E-state index in [0.717, 1.165) is 12.1 Å². The molecule has 0 atom stereocenters. The molecule has 1 heterocycles. The van der Waals surface area contributed by atoms with E-state index in [2.05, 4.69) is 0 Å². The number of nitrogens with zero attached hydrogens (tertiary/aromatic N) is 1. The number of halogens is 4. The molecule has 3 rings (SSSR count). The highest BCUT2D eigenvalue weighted by Gasteiger charge is 2.41. The average Bonchev–Trinajstić information content (AvgIpc) is 2.73. The summed E-state index contributed by atoms with van der Waals surface area (Å²) in [6, 6.07) is 6.65. The second kappa shape index (κ2) is 5.89. The number of benzene rings is 2. The molecule has 1 aliphatic rings. The second-order valence-corrected chi connectivity index (χ2v) is 5.74. The maximum atomic E-state index is 13.4. The largest absolute Gasteiger partial charge is 0.502 e. The lowest BCUT2D eigenvalue weighted by molar-refractivity contribution is -0.121. The Hall–Kier alpha value is -2.44. The van der Waals surface area contributed by atoms with Gasteiger partial charge in [0.05, 0.1) is 16.3 Å². The normalized spacial score (nSPS) is 14.8. The van der Waals surface area contributed by atoms with Crippen LogP contribution in [0, 0.1) is 11.6 Å². The van der Waals surface area contributed by atoms with E-state index in [4.69, 9.17) is 23.2 Å². The van der Waals surface area contributed by atoms with Gasteiger partial charge >= 0.3 is 5.91 Å². The summed E-state index contributed by atoms with van der Waals surface area (Å²) < 4.78 is 26.4. The van der Waals surface area contributed by atoms with Crippen LogP contribution in [0.3, 0.4) is 0 Å². The van der Waals surface area contributed by atoms with Gasteiger partial charge in [-0.1, -0.05) is 29.3 Å². The molecule has 0 saturated heterocycles. The summed E-state index contributed by atoms with van der Waals surface area (Å²) >= 11 is 11.8. The number of rotatable bonds is 2. The molecule has 0 saturated carbocycles. The standard InChI is InChI=1S/C16H7Cl2F2NO3/c17-7-1-3-9(10(18)5-7)13-14(22)16(24)21(15(13)23)8-2-4-11(19)12(20)6-8/h1-6,22H. The van der Waals surface area contributed by atoms with Crippen LogP contribution in [0.15, 0.2) is 42.2 Å². The fourth-order valence-corrected chi connectivity index (χ4v) is 2.81. The second-order valence-electron chi connectivity index (χ2n) is 4.89. The summed E-state index contributed by atoms with van der Waals surface area (Å²) in [6.07, 6.45) is 0. The SMILES string of the molecule is O=C1C(O)=C(c2ccc(Cl)cc2Cl)C(=O)N1c1ccc(F)c(F)c1. The summed E-state index contributed by atoms with van der Waals surface area (Å²) in [4.78, 5) is 25.3. The van der Waals surface area contributed by atoms with Crippen molar-refractivity contribution in [1.82, 2.24) is 0 Å². The molecule has 0 radical (unpaired) electrons. The number of aliphatic hydroxyl groups is 1. The van der Waals surface area contributed by atoms with Crippen molar-refractivity contribution in [2.45, 2.75) is 0 Å². The van der Waals surface area contributed by atoms with Crippen LogP contribution < -0.4 is 4.90 Å². The Morgan fingerprint density at radius 2 is 1.62 bits per heavy atom. The molecule has 2 aromatic carbocycles. The van der Waals surface area contributed by atoms with E-state index in [1.807, 2.05) is 0 Å². The molecule has 0 aromatic heterocycles. The molecule has 0 fully saturated rings. The number of imide groups is 1. The lowest BCUT2D eigenvalue weighted by atomic mass is 10.1. The lowest BCUT2D eigenvalue weighted by Crippen LogP contribution is -2.31. The van der Waals surface area contributed by atoms with Crippen molar-refractivity contribution in [1.29, 1.82) is 0 Å². The van der Waals surface area contributed by atoms with Crippen LogP contribution in [0.5, 0.6) is 0 Å². The van der Waals surface area contributed by atoms with Crippen LogP contribution in [0.25, 0.3) is 5.57 Å². The third kappa shape index (κ3) is 2.53. The van der Waals surface area contributed by atoms with Gasteiger partial charge in [-0.3, -0.25) is 9.59 Å². The van der Waals surface area contributed by atoms with E-state index in [-0.39, 0.29) is 21.8 Å². The maximum Gasteiger partial charge on any atom is 0.301 e. The van der Waals surface area contributed by atoms with Gasteiger partial charge in [-0.25, -0.2) is 13.7 Å². The highest BCUT2D eigenvalue weighted by molar-refractivity contribution is 6.47. The van der Waals surface area contributed by atoms with E-state index >= 15 is 0 Å². The molecule has 0 aliphatic carbocycles. The van der Waals surface area contributed by atoms with Crippen molar-refractivity contribution in [2.75, 3.05) is 4.90 Å². The quantitative estimate of drug-likeness (QED) is 0.810. The Morgan fingerprint density at radius 3 is 2.25 bits per heavy atom. The minimum absolute atomic E-state index is 0.0531. The fraction of sp³-hybridized carbons (Fsp3) is 0. The van der Waals surface area contributed by atoms with Gasteiger partial charge in [0.1, 0.15) is 0 Å². The molecular weight excluding hydrogens is 363 g/mol. The molecule has 4 nitrogen and oxygen atoms in total. The molecule has 2 aromatic rings. The number of hydrogen-bond donors (Lipinski definition) is 1. The van der Waals surface area contributed by atoms with Crippen molar-refractivity contribution in [3.8, 4) is 0 Å². The van der Waals surface area contributed by atoms with Crippen molar-refractivity contribution < 1.29 is 23.5 Å². The van der Waals surface area contributed by atoms with Gasteiger partial charge in [-0.05, 0) is 24.3 Å². The van der Waals surface area contributed by atoms with Crippen LogP contribution in [-0.2, 0) is 9.59 Å². The first-order valence-electron chi connectivity index (χ1n) is 6.53. The first-order valence-corrected chi connectivity index (χ1v) is 7.29. The van der Waals surface area contributed by atoms with E-state index < -0.39 is 29.2 Å². The van der Waals surface area contributed by atoms with E-state index in [9.17, 15) is 23.5 Å². The summed E-state index contributed by atoms with van der Waals surface area (Å²) in [7, 11) is 0. The van der Waals surface area contributed by atoms with Crippen molar-refractivity contribution >= 4 is 46.3 Å². The number of carbonyl (C=O) groups excluding carboxylic acids is 2. The predicted octanol–water partition coefficient (Wildman–Crippen LogP) is 4.11. The third-order valence-electron chi connectivity index (χ3n) is 3.42. The smallest absolute Gasteiger partial charge is 0.301 e. The molecule has 24 heavy (non-hydrogen) atoms. The van der Waals surface area contributed by atoms with Crippen LogP contribution in [0.2, 0.25) is 10.0 Å². The molecule has 122 valence electrons. The van der Waals surface area contributed by atoms with E-state index in [1.54, 1.807) is 0 Å². The number of hydrogen-bond acceptors (Lipinski definition) is 3. The van der Waals surface area contributed by atoms with Crippen molar-refractivity contribution in [3.63, 3.8) is 0 Å². The summed E-state index contributed by atoms with van der Waals surface area (Å²) in [5.74, 6) is -5.17. The minimum Gasteiger partial charge on any atom is -0.502 e. The van der Waals surface area contributed by atoms with Gasteiger partial charge in [-0.15, -0.1) is 0 Å². The Balaban J connectivity index is 2.09. The molecule has 1 aliphatic heterocycles. The minimum atomic E-state index is -1.23. The number of amides is 2. The zero-order valence-electron chi connectivity index (χ0n) is 11.7. The molecule has 8 heteroatoms. The summed E-state index contributed by atoms with van der Waals surface area (Å²) in [5, 5.41) is 10.4. The highest BCUT2D eigenvalue weighted by atomic mass is 35.5. The van der Waals surface area contributed by atoms with Gasteiger partial charge in [0.25, 0.3) is 5.91 Å². The number of anilines is 1. The first kappa shape index (κ1) is 16.4. The molecule has 0 unspecified atom stereocenters.